The Morgan fingerprint density at radius 1 is 1.12 bits per heavy atom. The number of hydrogen-bond donors (Lipinski definition) is 0. The first-order valence-electron chi connectivity index (χ1n) is 8.81. The molecule has 2 aliphatic heterocycles. The van der Waals surface area contributed by atoms with Crippen LogP contribution in [0.4, 0.5) is 0 Å². The van der Waals surface area contributed by atoms with Crippen molar-refractivity contribution in [1.29, 1.82) is 0 Å². The van der Waals surface area contributed by atoms with Gasteiger partial charge in [0.15, 0.2) is 0 Å². The highest BCUT2D eigenvalue weighted by molar-refractivity contribution is 7.89. The second-order valence-corrected chi connectivity index (χ2v) is 9.29. The highest BCUT2D eigenvalue weighted by Crippen LogP contribution is 2.29. The van der Waals surface area contributed by atoms with Gasteiger partial charge in [0.1, 0.15) is 0 Å². The molecule has 0 amide bonds. The summed E-state index contributed by atoms with van der Waals surface area (Å²) < 4.78 is 32.4. The number of likely N-dealkylation sites (tertiary alicyclic amines) is 1. The summed E-state index contributed by atoms with van der Waals surface area (Å²) in [6.45, 7) is 8.26. The Morgan fingerprint density at radius 2 is 1.88 bits per heavy atom. The molecule has 2 fully saturated rings. The number of sulfonamides is 1. The van der Waals surface area contributed by atoms with E-state index in [1.165, 1.54) is 23.6 Å². The van der Waals surface area contributed by atoms with E-state index in [-0.39, 0.29) is 5.54 Å². The molecule has 0 aromatic heterocycles. The fraction of sp³-hybridized carbons (Fsp3) is 0.667. The molecular formula is C18H28N2O3S. The molecule has 0 radical (unpaired) electrons. The lowest BCUT2D eigenvalue weighted by atomic mass is 9.90. The molecule has 3 rings (SSSR count). The molecular weight excluding hydrogens is 324 g/mol. The third kappa shape index (κ3) is 3.82. The maximum Gasteiger partial charge on any atom is 0.243 e. The van der Waals surface area contributed by atoms with Crippen molar-refractivity contribution >= 4 is 10.0 Å². The maximum atomic E-state index is 12.8. The van der Waals surface area contributed by atoms with Crippen LogP contribution in [0.1, 0.15) is 38.7 Å². The lowest BCUT2D eigenvalue weighted by Gasteiger charge is -2.42. The molecule has 2 aliphatic rings. The predicted molar refractivity (Wildman–Crippen MR) is 94.4 cm³/mol. The highest BCUT2D eigenvalue weighted by Gasteiger charge is 2.30. The van der Waals surface area contributed by atoms with Gasteiger partial charge in [-0.2, -0.15) is 4.31 Å². The van der Waals surface area contributed by atoms with Crippen molar-refractivity contribution in [3.05, 3.63) is 29.8 Å². The number of benzene rings is 1. The first-order valence-corrected chi connectivity index (χ1v) is 10.3. The van der Waals surface area contributed by atoms with Gasteiger partial charge in [0, 0.05) is 25.2 Å². The third-order valence-corrected chi connectivity index (χ3v) is 7.10. The normalized spacial score (nSPS) is 23.2. The minimum absolute atomic E-state index is 0.178. The second-order valence-electron chi connectivity index (χ2n) is 7.35. The Balaban J connectivity index is 1.78. The number of nitrogens with zero attached hydrogens (tertiary/aromatic N) is 2. The minimum Gasteiger partial charge on any atom is -0.379 e. The average molecular weight is 353 g/mol. The quantitative estimate of drug-likeness (QED) is 0.835. The summed E-state index contributed by atoms with van der Waals surface area (Å²) in [5.41, 5.74) is 1.25. The second kappa shape index (κ2) is 7.12. The summed E-state index contributed by atoms with van der Waals surface area (Å²) in [6, 6.07) is 7.44. The van der Waals surface area contributed by atoms with Crippen LogP contribution in [0, 0.1) is 0 Å². The topological polar surface area (TPSA) is 49.9 Å². The Kier molecular flexibility index (Phi) is 5.30. The van der Waals surface area contributed by atoms with E-state index < -0.39 is 10.0 Å². The molecule has 0 aliphatic carbocycles. The zero-order valence-corrected chi connectivity index (χ0v) is 15.5. The zero-order chi connectivity index (χ0) is 17.2. The minimum atomic E-state index is -3.42. The number of morpholine rings is 1. The Labute approximate surface area is 145 Å². The van der Waals surface area contributed by atoms with Crippen molar-refractivity contribution in [2.24, 2.45) is 0 Å². The van der Waals surface area contributed by atoms with E-state index in [1.54, 1.807) is 6.07 Å². The van der Waals surface area contributed by atoms with Gasteiger partial charge in [-0.15, -0.1) is 0 Å². The molecule has 0 unspecified atom stereocenters. The van der Waals surface area contributed by atoms with Gasteiger partial charge in [-0.1, -0.05) is 18.6 Å². The number of piperidine rings is 1. The summed E-state index contributed by atoms with van der Waals surface area (Å²) >= 11 is 0. The first kappa shape index (κ1) is 17.9. The summed E-state index contributed by atoms with van der Waals surface area (Å²) in [4.78, 5) is 2.87. The molecule has 0 N–H and O–H groups in total. The van der Waals surface area contributed by atoms with E-state index in [2.05, 4.69) is 18.7 Å². The zero-order valence-electron chi connectivity index (χ0n) is 14.7. The van der Waals surface area contributed by atoms with Crippen molar-refractivity contribution in [3.63, 3.8) is 0 Å². The van der Waals surface area contributed by atoms with E-state index in [9.17, 15) is 8.42 Å². The fourth-order valence-corrected chi connectivity index (χ4v) is 5.05. The van der Waals surface area contributed by atoms with Gasteiger partial charge >= 0.3 is 0 Å². The highest BCUT2D eigenvalue weighted by atomic mass is 32.2. The fourth-order valence-electron chi connectivity index (χ4n) is 3.57. The van der Waals surface area contributed by atoms with Crippen LogP contribution in [0.3, 0.4) is 0 Å². The molecule has 2 heterocycles. The molecule has 0 atom stereocenters. The van der Waals surface area contributed by atoms with Gasteiger partial charge in [-0.25, -0.2) is 8.42 Å². The van der Waals surface area contributed by atoms with Crippen LogP contribution in [0.25, 0.3) is 0 Å². The van der Waals surface area contributed by atoms with Crippen molar-refractivity contribution in [3.8, 4) is 0 Å². The van der Waals surface area contributed by atoms with Crippen molar-refractivity contribution in [2.45, 2.75) is 50.1 Å². The Morgan fingerprint density at radius 3 is 2.58 bits per heavy atom. The largest absolute Gasteiger partial charge is 0.379 e. The number of hydrogen-bond acceptors (Lipinski definition) is 4. The van der Waals surface area contributed by atoms with Crippen LogP contribution in [0.2, 0.25) is 0 Å². The predicted octanol–water partition coefficient (Wildman–Crippen LogP) is 2.47. The third-order valence-electron chi connectivity index (χ3n) is 5.20. The van der Waals surface area contributed by atoms with Crippen LogP contribution in [0.15, 0.2) is 29.2 Å². The Hall–Kier alpha value is -0.950. The summed E-state index contributed by atoms with van der Waals surface area (Å²) in [7, 11) is -3.42. The van der Waals surface area contributed by atoms with E-state index in [0.29, 0.717) is 31.2 Å². The van der Waals surface area contributed by atoms with Crippen LogP contribution >= 0.6 is 0 Å². The molecule has 24 heavy (non-hydrogen) atoms. The van der Waals surface area contributed by atoms with Crippen LogP contribution in [-0.4, -0.2) is 56.0 Å². The van der Waals surface area contributed by atoms with E-state index >= 15 is 0 Å². The lowest BCUT2D eigenvalue weighted by Crippen LogP contribution is -2.46. The molecule has 0 spiro atoms. The first-order chi connectivity index (χ1) is 11.4. The van der Waals surface area contributed by atoms with Crippen LogP contribution in [0.5, 0.6) is 0 Å². The van der Waals surface area contributed by atoms with Crippen molar-refractivity contribution < 1.29 is 13.2 Å². The maximum absolute atomic E-state index is 12.8. The number of rotatable bonds is 4. The van der Waals surface area contributed by atoms with Gasteiger partial charge < -0.3 is 4.74 Å². The molecule has 0 bridgehead atoms. The van der Waals surface area contributed by atoms with Gasteiger partial charge in [-0.3, -0.25) is 4.90 Å². The van der Waals surface area contributed by atoms with Gasteiger partial charge in [0.2, 0.25) is 10.0 Å². The summed E-state index contributed by atoms with van der Waals surface area (Å²) in [6.07, 6.45) is 3.68. The average Bonchev–Trinajstić information content (AvgIpc) is 2.58. The molecule has 5 nitrogen and oxygen atoms in total. The smallest absolute Gasteiger partial charge is 0.243 e. The van der Waals surface area contributed by atoms with E-state index in [1.807, 2.05) is 18.2 Å². The van der Waals surface area contributed by atoms with Gasteiger partial charge in [0.25, 0.3) is 0 Å². The summed E-state index contributed by atoms with van der Waals surface area (Å²) in [5.74, 6) is 0. The molecule has 0 saturated carbocycles. The molecule has 2 saturated heterocycles. The summed E-state index contributed by atoms with van der Waals surface area (Å²) in [5, 5.41) is 0. The van der Waals surface area contributed by atoms with Gasteiger partial charge in [0.05, 0.1) is 18.1 Å². The molecule has 1 aromatic rings. The van der Waals surface area contributed by atoms with Crippen LogP contribution < -0.4 is 0 Å². The molecule has 1 aromatic carbocycles. The SMILES string of the molecule is CC1(C)CCCCN1Cc1cccc(S(=O)(=O)N2CCOCC2)c1. The standard InChI is InChI=1S/C18H28N2O3S/c1-18(2)8-3-4-9-19(18)15-16-6-5-7-17(14-16)24(21,22)20-10-12-23-13-11-20/h5-7,14H,3-4,8-13,15H2,1-2H3. The van der Waals surface area contributed by atoms with E-state index in [4.69, 9.17) is 4.74 Å². The molecule has 6 heteroatoms. The monoisotopic (exact) mass is 352 g/mol. The van der Waals surface area contributed by atoms with Crippen molar-refractivity contribution in [2.75, 3.05) is 32.8 Å². The number of ether oxygens (including phenoxy) is 1. The van der Waals surface area contributed by atoms with Gasteiger partial charge in [-0.05, 0) is 50.9 Å². The molecule has 134 valence electrons. The Bertz CT molecular complexity index is 667. The lowest BCUT2D eigenvalue weighted by molar-refractivity contribution is 0.0690. The van der Waals surface area contributed by atoms with Crippen molar-refractivity contribution in [1.82, 2.24) is 9.21 Å². The van der Waals surface area contributed by atoms with Crippen LogP contribution in [-0.2, 0) is 21.3 Å². The van der Waals surface area contributed by atoms with E-state index in [0.717, 1.165) is 18.7 Å².